The van der Waals surface area contributed by atoms with Crippen molar-refractivity contribution in [3.63, 3.8) is 0 Å². The Balaban J connectivity index is 2.20. The van der Waals surface area contributed by atoms with E-state index in [0.29, 0.717) is 0 Å². The zero-order valence-corrected chi connectivity index (χ0v) is 9.35. The number of piperidine rings is 1. The van der Waals surface area contributed by atoms with Crippen LogP contribution in [0.4, 0.5) is 0 Å². The third-order valence-corrected chi connectivity index (χ3v) is 2.76. The van der Waals surface area contributed by atoms with Crippen molar-refractivity contribution < 1.29 is 4.74 Å². The number of rotatable bonds is 4. The number of likely N-dealkylation sites (tertiary alicyclic amines) is 1. The van der Waals surface area contributed by atoms with Gasteiger partial charge in [0.15, 0.2) is 0 Å². The van der Waals surface area contributed by atoms with Crippen molar-refractivity contribution in [1.82, 2.24) is 4.90 Å². The summed E-state index contributed by atoms with van der Waals surface area (Å²) >= 11 is 3.47. The highest BCUT2D eigenvalue weighted by Crippen LogP contribution is 2.16. The number of alkyl halides is 1. The first-order valence-electron chi connectivity index (χ1n) is 4.64. The van der Waals surface area contributed by atoms with E-state index in [1.165, 1.54) is 32.5 Å². The highest BCUT2D eigenvalue weighted by Gasteiger charge is 2.18. The zero-order chi connectivity index (χ0) is 8.81. The third kappa shape index (κ3) is 3.42. The Labute approximate surface area is 83.4 Å². The van der Waals surface area contributed by atoms with E-state index in [1.54, 1.807) is 7.11 Å². The molecule has 1 atom stereocenters. The molecule has 1 aliphatic heterocycles. The summed E-state index contributed by atoms with van der Waals surface area (Å²) in [4.78, 5) is 2.52. The van der Waals surface area contributed by atoms with Crippen LogP contribution in [0, 0.1) is 5.92 Å². The first kappa shape index (κ1) is 10.5. The van der Waals surface area contributed by atoms with Crippen molar-refractivity contribution in [2.75, 3.05) is 38.7 Å². The van der Waals surface area contributed by atoms with Crippen LogP contribution in [0.25, 0.3) is 0 Å². The second-order valence-corrected chi connectivity index (χ2v) is 4.25. The summed E-state index contributed by atoms with van der Waals surface area (Å²) in [6, 6.07) is 0. The zero-order valence-electron chi connectivity index (χ0n) is 7.76. The van der Waals surface area contributed by atoms with Crippen LogP contribution in [-0.4, -0.2) is 43.6 Å². The highest BCUT2D eigenvalue weighted by atomic mass is 79.9. The molecule has 0 radical (unpaired) electrons. The summed E-state index contributed by atoms with van der Waals surface area (Å²) in [6.07, 6.45) is 2.67. The smallest absolute Gasteiger partial charge is 0.0502 e. The SMILES string of the molecule is COCC1CCCN(CCBr)C1. The summed E-state index contributed by atoms with van der Waals surface area (Å²) in [6.45, 7) is 4.60. The van der Waals surface area contributed by atoms with E-state index < -0.39 is 0 Å². The molecule has 1 aliphatic rings. The minimum atomic E-state index is 0.766. The molecule has 0 spiro atoms. The standard InChI is InChI=1S/C9H18BrNO/c1-12-8-9-3-2-5-11(7-9)6-4-10/h9H,2-8H2,1H3. The van der Waals surface area contributed by atoms with Crippen molar-refractivity contribution >= 4 is 15.9 Å². The molecule has 3 heteroatoms. The van der Waals surface area contributed by atoms with Crippen molar-refractivity contribution in [2.45, 2.75) is 12.8 Å². The number of halogens is 1. The monoisotopic (exact) mass is 235 g/mol. The molecule has 0 aromatic heterocycles. The summed E-state index contributed by atoms with van der Waals surface area (Å²) in [5.74, 6) is 0.766. The van der Waals surface area contributed by atoms with Crippen molar-refractivity contribution in [2.24, 2.45) is 5.92 Å². The van der Waals surface area contributed by atoms with Gasteiger partial charge < -0.3 is 9.64 Å². The molecule has 2 nitrogen and oxygen atoms in total. The van der Waals surface area contributed by atoms with Gasteiger partial charge in [-0.05, 0) is 25.3 Å². The molecular weight excluding hydrogens is 218 g/mol. The van der Waals surface area contributed by atoms with Crippen LogP contribution >= 0.6 is 15.9 Å². The molecule has 72 valence electrons. The molecular formula is C9H18BrNO. The Hall–Kier alpha value is 0.400. The van der Waals surface area contributed by atoms with Gasteiger partial charge in [0.1, 0.15) is 0 Å². The minimum absolute atomic E-state index is 0.766. The predicted molar refractivity (Wildman–Crippen MR) is 54.8 cm³/mol. The molecule has 12 heavy (non-hydrogen) atoms. The average molecular weight is 236 g/mol. The Morgan fingerprint density at radius 1 is 1.58 bits per heavy atom. The highest BCUT2D eigenvalue weighted by molar-refractivity contribution is 9.09. The summed E-state index contributed by atoms with van der Waals surface area (Å²) in [7, 11) is 1.80. The lowest BCUT2D eigenvalue weighted by molar-refractivity contribution is 0.0939. The fourth-order valence-electron chi connectivity index (χ4n) is 1.85. The van der Waals surface area contributed by atoms with Gasteiger partial charge in [0.2, 0.25) is 0 Å². The Kier molecular flexibility index (Phi) is 5.19. The van der Waals surface area contributed by atoms with Gasteiger partial charge in [-0.25, -0.2) is 0 Å². The molecule has 0 N–H and O–H groups in total. The molecule has 0 aromatic carbocycles. The van der Waals surface area contributed by atoms with E-state index in [9.17, 15) is 0 Å². The van der Waals surface area contributed by atoms with Crippen molar-refractivity contribution in [3.8, 4) is 0 Å². The summed E-state index contributed by atoms with van der Waals surface area (Å²) in [5, 5.41) is 1.09. The van der Waals surface area contributed by atoms with E-state index in [-0.39, 0.29) is 0 Å². The largest absolute Gasteiger partial charge is 0.384 e. The van der Waals surface area contributed by atoms with Gasteiger partial charge in [0, 0.05) is 25.5 Å². The maximum Gasteiger partial charge on any atom is 0.0502 e. The lowest BCUT2D eigenvalue weighted by atomic mass is 9.99. The average Bonchev–Trinajstić information content (AvgIpc) is 2.06. The van der Waals surface area contributed by atoms with Crippen LogP contribution in [0.3, 0.4) is 0 Å². The Morgan fingerprint density at radius 2 is 2.42 bits per heavy atom. The Bertz CT molecular complexity index is 105. The topological polar surface area (TPSA) is 12.5 Å². The lowest BCUT2D eigenvalue weighted by Crippen LogP contribution is -2.38. The second-order valence-electron chi connectivity index (χ2n) is 3.45. The van der Waals surface area contributed by atoms with Crippen LogP contribution in [0.15, 0.2) is 0 Å². The van der Waals surface area contributed by atoms with Crippen LogP contribution in [-0.2, 0) is 4.74 Å². The van der Waals surface area contributed by atoms with Crippen molar-refractivity contribution in [3.05, 3.63) is 0 Å². The minimum Gasteiger partial charge on any atom is -0.384 e. The summed E-state index contributed by atoms with van der Waals surface area (Å²) < 4.78 is 5.17. The maximum absolute atomic E-state index is 5.17. The molecule has 0 amide bonds. The molecule has 1 fully saturated rings. The van der Waals surface area contributed by atoms with Crippen LogP contribution in [0.1, 0.15) is 12.8 Å². The number of hydrogen-bond acceptors (Lipinski definition) is 2. The van der Waals surface area contributed by atoms with Gasteiger partial charge >= 0.3 is 0 Å². The summed E-state index contributed by atoms with van der Waals surface area (Å²) in [5.41, 5.74) is 0. The first-order chi connectivity index (χ1) is 5.86. The van der Waals surface area contributed by atoms with E-state index >= 15 is 0 Å². The first-order valence-corrected chi connectivity index (χ1v) is 5.76. The van der Waals surface area contributed by atoms with E-state index in [4.69, 9.17) is 4.74 Å². The van der Waals surface area contributed by atoms with Gasteiger partial charge in [0.25, 0.3) is 0 Å². The number of nitrogens with zero attached hydrogens (tertiary/aromatic N) is 1. The third-order valence-electron chi connectivity index (χ3n) is 2.41. The molecule has 1 unspecified atom stereocenters. The van der Waals surface area contributed by atoms with Gasteiger partial charge in [-0.3, -0.25) is 0 Å². The molecule has 1 saturated heterocycles. The van der Waals surface area contributed by atoms with E-state index in [1.807, 2.05) is 0 Å². The fourth-order valence-corrected chi connectivity index (χ4v) is 2.35. The molecule has 0 saturated carbocycles. The molecule has 0 aromatic rings. The van der Waals surface area contributed by atoms with Gasteiger partial charge in [-0.1, -0.05) is 15.9 Å². The van der Waals surface area contributed by atoms with Crippen LogP contribution in [0.5, 0.6) is 0 Å². The van der Waals surface area contributed by atoms with E-state index in [0.717, 1.165) is 17.9 Å². The van der Waals surface area contributed by atoms with Gasteiger partial charge in [-0.2, -0.15) is 0 Å². The molecule has 0 bridgehead atoms. The molecule has 1 rings (SSSR count). The lowest BCUT2D eigenvalue weighted by Gasteiger charge is -2.31. The number of ether oxygens (including phenoxy) is 1. The number of methoxy groups -OCH3 is 1. The number of hydrogen-bond donors (Lipinski definition) is 0. The van der Waals surface area contributed by atoms with Gasteiger partial charge in [0.05, 0.1) is 6.61 Å². The predicted octanol–water partition coefficient (Wildman–Crippen LogP) is 1.74. The van der Waals surface area contributed by atoms with Crippen LogP contribution in [0.2, 0.25) is 0 Å². The Morgan fingerprint density at radius 3 is 3.08 bits per heavy atom. The maximum atomic E-state index is 5.17. The van der Waals surface area contributed by atoms with E-state index in [2.05, 4.69) is 20.8 Å². The fraction of sp³-hybridized carbons (Fsp3) is 1.00. The van der Waals surface area contributed by atoms with Crippen LogP contribution < -0.4 is 0 Å². The van der Waals surface area contributed by atoms with Crippen molar-refractivity contribution in [1.29, 1.82) is 0 Å². The normalized spacial score (nSPS) is 26.0. The molecule has 1 heterocycles. The molecule has 0 aliphatic carbocycles. The quantitative estimate of drug-likeness (QED) is 0.689. The van der Waals surface area contributed by atoms with Gasteiger partial charge in [-0.15, -0.1) is 0 Å². The second kappa shape index (κ2) is 5.95.